The molecule has 0 aliphatic rings. The number of anilines is 1. The number of halogens is 2. The first kappa shape index (κ1) is 20.0. The lowest BCUT2D eigenvalue weighted by Gasteiger charge is -2.22. The van der Waals surface area contributed by atoms with Gasteiger partial charge in [0.25, 0.3) is 5.91 Å². The van der Waals surface area contributed by atoms with Gasteiger partial charge >= 0.3 is 5.97 Å². The van der Waals surface area contributed by atoms with Crippen LogP contribution in [0.25, 0.3) is 0 Å². The number of nitrogens with zero attached hydrogens (tertiary/aromatic N) is 2. The fourth-order valence-corrected chi connectivity index (χ4v) is 2.58. The predicted molar refractivity (Wildman–Crippen MR) is 95.1 cm³/mol. The van der Waals surface area contributed by atoms with Crippen molar-refractivity contribution >= 4 is 17.6 Å². The number of rotatable bonds is 6. The molecule has 0 aliphatic carbocycles. The Hall–Kier alpha value is -3.27. The van der Waals surface area contributed by atoms with Crippen molar-refractivity contribution in [3.63, 3.8) is 0 Å². The van der Waals surface area contributed by atoms with Crippen molar-refractivity contribution in [1.29, 1.82) is 5.26 Å². The Morgan fingerprint density at radius 3 is 2.33 bits per heavy atom. The van der Waals surface area contributed by atoms with Gasteiger partial charge in [-0.2, -0.15) is 5.26 Å². The Morgan fingerprint density at radius 1 is 1.07 bits per heavy atom. The predicted octanol–water partition coefficient (Wildman–Crippen LogP) is 3.69. The van der Waals surface area contributed by atoms with Crippen LogP contribution in [0.2, 0.25) is 0 Å². The summed E-state index contributed by atoms with van der Waals surface area (Å²) < 4.78 is 31.1. The molecule has 0 spiro atoms. The van der Waals surface area contributed by atoms with E-state index in [-0.39, 0.29) is 18.5 Å². The monoisotopic (exact) mass is 372 g/mol. The van der Waals surface area contributed by atoms with Gasteiger partial charge in [-0.15, -0.1) is 0 Å². The number of hydrogen-bond acceptors (Lipinski definition) is 4. The summed E-state index contributed by atoms with van der Waals surface area (Å²) in [5.74, 6) is -3.73. The molecular formula is C20H18F2N2O3. The highest BCUT2D eigenvalue weighted by atomic mass is 19.2. The molecule has 0 saturated carbocycles. The van der Waals surface area contributed by atoms with E-state index in [2.05, 4.69) is 0 Å². The average Bonchev–Trinajstić information content (AvgIpc) is 2.61. The molecule has 7 heteroatoms. The first-order chi connectivity index (χ1) is 12.8. The molecule has 0 aliphatic heterocycles. The van der Waals surface area contributed by atoms with Crippen LogP contribution >= 0.6 is 0 Å². The number of nitriles is 1. The van der Waals surface area contributed by atoms with Crippen LogP contribution in [-0.4, -0.2) is 25.0 Å². The number of carbonyl (C=O) groups excluding carboxylic acids is 2. The maximum Gasteiger partial charge on any atom is 0.338 e. The highest BCUT2D eigenvalue weighted by Gasteiger charge is 2.19. The third kappa shape index (κ3) is 5.35. The highest BCUT2D eigenvalue weighted by Crippen LogP contribution is 2.20. The average molecular weight is 372 g/mol. The lowest BCUT2D eigenvalue weighted by atomic mass is 10.1. The molecule has 0 atom stereocenters. The van der Waals surface area contributed by atoms with E-state index in [1.807, 2.05) is 26.0 Å². The van der Waals surface area contributed by atoms with Crippen molar-refractivity contribution in [3.05, 3.63) is 64.7 Å². The normalized spacial score (nSPS) is 10.2. The summed E-state index contributed by atoms with van der Waals surface area (Å²) in [6, 6.07) is 10.1. The van der Waals surface area contributed by atoms with Gasteiger partial charge in [0.2, 0.25) is 0 Å². The molecule has 27 heavy (non-hydrogen) atoms. The molecular weight excluding hydrogens is 354 g/mol. The summed E-state index contributed by atoms with van der Waals surface area (Å²) in [6.45, 7) is 3.32. The van der Waals surface area contributed by atoms with Gasteiger partial charge in [0, 0.05) is 12.2 Å². The fraction of sp³-hybridized carbons (Fsp3) is 0.250. The van der Waals surface area contributed by atoms with Crippen LogP contribution < -0.4 is 4.90 Å². The third-order valence-corrected chi connectivity index (χ3v) is 3.75. The number of amides is 1. The Balaban J connectivity index is 2.12. The first-order valence-electron chi connectivity index (χ1n) is 8.19. The van der Waals surface area contributed by atoms with E-state index in [4.69, 9.17) is 10.00 Å². The Kier molecular flexibility index (Phi) is 6.61. The number of esters is 1. The zero-order chi connectivity index (χ0) is 20.0. The van der Waals surface area contributed by atoms with Crippen LogP contribution in [0.4, 0.5) is 14.5 Å². The van der Waals surface area contributed by atoms with E-state index in [1.165, 1.54) is 4.90 Å². The molecule has 0 N–H and O–H groups in total. The van der Waals surface area contributed by atoms with Crippen LogP contribution in [0.5, 0.6) is 0 Å². The van der Waals surface area contributed by atoms with Crippen LogP contribution in [0.3, 0.4) is 0 Å². The maximum absolute atomic E-state index is 13.2. The summed E-state index contributed by atoms with van der Waals surface area (Å²) in [7, 11) is 0. The zero-order valence-corrected chi connectivity index (χ0v) is 15.0. The number of benzene rings is 2. The molecule has 0 heterocycles. The second kappa shape index (κ2) is 8.90. The van der Waals surface area contributed by atoms with E-state index in [1.54, 1.807) is 12.1 Å². The minimum atomic E-state index is -1.18. The first-order valence-corrected chi connectivity index (χ1v) is 8.19. The van der Waals surface area contributed by atoms with Crippen molar-refractivity contribution in [2.45, 2.75) is 20.3 Å². The summed E-state index contributed by atoms with van der Waals surface area (Å²) in [4.78, 5) is 25.9. The topological polar surface area (TPSA) is 70.4 Å². The molecule has 2 aromatic rings. The van der Waals surface area contributed by atoms with Gasteiger partial charge in [-0.3, -0.25) is 4.79 Å². The van der Waals surface area contributed by atoms with Gasteiger partial charge in [-0.1, -0.05) is 6.07 Å². The SMILES string of the molecule is Cc1cc(C)cc(N(CCC#N)C(=O)COC(=O)c2ccc(F)c(F)c2)c1. The smallest absolute Gasteiger partial charge is 0.338 e. The van der Waals surface area contributed by atoms with Crippen LogP contribution in [0.1, 0.15) is 27.9 Å². The number of ether oxygens (including phenoxy) is 1. The van der Waals surface area contributed by atoms with Crippen LogP contribution in [0, 0.1) is 36.8 Å². The van der Waals surface area contributed by atoms with Gasteiger partial charge in [0.15, 0.2) is 18.2 Å². The number of carbonyl (C=O) groups is 2. The van der Waals surface area contributed by atoms with Gasteiger partial charge in [-0.05, 0) is 55.3 Å². The van der Waals surface area contributed by atoms with Gasteiger partial charge in [0.05, 0.1) is 18.1 Å². The molecule has 1 amide bonds. The van der Waals surface area contributed by atoms with Crippen LogP contribution in [-0.2, 0) is 9.53 Å². The second-order valence-electron chi connectivity index (χ2n) is 6.00. The Morgan fingerprint density at radius 2 is 1.74 bits per heavy atom. The molecule has 0 fully saturated rings. The van der Waals surface area contributed by atoms with E-state index in [0.717, 1.165) is 23.3 Å². The van der Waals surface area contributed by atoms with Gasteiger partial charge < -0.3 is 9.64 Å². The van der Waals surface area contributed by atoms with Crippen molar-refractivity contribution in [2.24, 2.45) is 0 Å². The fourth-order valence-electron chi connectivity index (χ4n) is 2.58. The molecule has 0 aromatic heterocycles. The van der Waals surface area contributed by atoms with Crippen molar-refractivity contribution < 1.29 is 23.1 Å². The van der Waals surface area contributed by atoms with Gasteiger partial charge in [-0.25, -0.2) is 13.6 Å². The molecule has 0 bridgehead atoms. The van der Waals surface area contributed by atoms with E-state index < -0.39 is 30.1 Å². The largest absolute Gasteiger partial charge is 0.452 e. The molecule has 0 saturated heterocycles. The second-order valence-corrected chi connectivity index (χ2v) is 6.00. The molecule has 0 unspecified atom stereocenters. The summed E-state index contributed by atoms with van der Waals surface area (Å²) in [5, 5.41) is 8.83. The minimum absolute atomic E-state index is 0.107. The quantitative estimate of drug-likeness (QED) is 0.725. The number of aryl methyl sites for hydroxylation is 2. The van der Waals surface area contributed by atoms with E-state index in [9.17, 15) is 18.4 Å². The Labute approximate surface area is 155 Å². The summed E-state index contributed by atoms with van der Waals surface area (Å²) in [6.07, 6.45) is 0.107. The minimum Gasteiger partial charge on any atom is -0.452 e. The molecule has 5 nitrogen and oxygen atoms in total. The molecule has 0 radical (unpaired) electrons. The molecule has 140 valence electrons. The highest BCUT2D eigenvalue weighted by molar-refractivity contribution is 5.97. The lowest BCUT2D eigenvalue weighted by molar-refractivity contribution is -0.121. The third-order valence-electron chi connectivity index (χ3n) is 3.75. The maximum atomic E-state index is 13.2. The lowest BCUT2D eigenvalue weighted by Crippen LogP contribution is -2.35. The number of hydrogen-bond donors (Lipinski definition) is 0. The van der Waals surface area contributed by atoms with Gasteiger partial charge in [0.1, 0.15) is 0 Å². The van der Waals surface area contributed by atoms with Crippen molar-refractivity contribution in [3.8, 4) is 6.07 Å². The molecule has 2 rings (SSSR count). The summed E-state index contributed by atoms with van der Waals surface area (Å²) in [5.41, 5.74) is 2.28. The molecule has 2 aromatic carbocycles. The zero-order valence-electron chi connectivity index (χ0n) is 15.0. The van der Waals surface area contributed by atoms with E-state index >= 15 is 0 Å². The van der Waals surface area contributed by atoms with Crippen molar-refractivity contribution in [2.75, 3.05) is 18.1 Å². The Bertz CT molecular complexity index is 886. The van der Waals surface area contributed by atoms with E-state index in [0.29, 0.717) is 11.8 Å². The van der Waals surface area contributed by atoms with Crippen LogP contribution in [0.15, 0.2) is 36.4 Å². The summed E-state index contributed by atoms with van der Waals surface area (Å²) >= 11 is 0. The standard InChI is InChI=1S/C20H18F2N2O3/c1-13-8-14(2)10-16(9-13)24(7-3-6-23)19(25)12-27-20(26)15-4-5-17(21)18(22)11-15/h4-5,8-11H,3,7,12H2,1-2H3. The van der Waals surface area contributed by atoms with Crippen molar-refractivity contribution in [1.82, 2.24) is 0 Å².